The molecule has 0 amide bonds. The van der Waals surface area contributed by atoms with E-state index < -0.39 is 0 Å². The third kappa shape index (κ3) is 2.24. The van der Waals surface area contributed by atoms with E-state index >= 15 is 0 Å². The Kier molecular flexibility index (Phi) is 3.03. The Hall–Kier alpha value is -1.68. The van der Waals surface area contributed by atoms with Crippen molar-refractivity contribution in [2.24, 2.45) is 0 Å². The van der Waals surface area contributed by atoms with Gasteiger partial charge in [-0.3, -0.25) is 0 Å². The monoisotopic (exact) mass is 269 g/mol. The van der Waals surface area contributed by atoms with E-state index in [4.69, 9.17) is 4.52 Å². The number of rotatable bonds is 3. The number of hydrogen-bond donors (Lipinski definition) is 1. The lowest BCUT2D eigenvalue weighted by atomic mass is 10.0. The molecule has 1 aromatic carbocycles. The van der Waals surface area contributed by atoms with Crippen LogP contribution in [0.4, 0.5) is 0 Å². The molecule has 104 valence electrons. The summed E-state index contributed by atoms with van der Waals surface area (Å²) in [4.78, 5) is 4.63. The van der Waals surface area contributed by atoms with E-state index in [1.165, 1.54) is 18.4 Å². The summed E-state index contributed by atoms with van der Waals surface area (Å²) in [7, 11) is 0. The molecule has 0 bridgehead atoms. The summed E-state index contributed by atoms with van der Waals surface area (Å²) in [5.41, 5.74) is 1.38. The Morgan fingerprint density at radius 1 is 1.10 bits per heavy atom. The molecule has 2 aliphatic rings. The van der Waals surface area contributed by atoms with Gasteiger partial charge in [0.1, 0.15) is 0 Å². The van der Waals surface area contributed by atoms with Crippen molar-refractivity contribution in [2.75, 3.05) is 6.54 Å². The van der Waals surface area contributed by atoms with Gasteiger partial charge < -0.3 is 9.84 Å². The van der Waals surface area contributed by atoms with Crippen LogP contribution >= 0.6 is 0 Å². The highest BCUT2D eigenvalue weighted by Gasteiger charge is 2.43. The molecule has 1 saturated heterocycles. The molecule has 3 unspecified atom stereocenters. The molecule has 2 heterocycles. The summed E-state index contributed by atoms with van der Waals surface area (Å²) in [5.74, 6) is 2.64. The van der Waals surface area contributed by atoms with E-state index in [2.05, 4.69) is 45.8 Å². The van der Waals surface area contributed by atoms with Crippen molar-refractivity contribution in [3.8, 4) is 0 Å². The van der Waals surface area contributed by atoms with Gasteiger partial charge in [-0.15, -0.1) is 0 Å². The zero-order valence-electron chi connectivity index (χ0n) is 11.5. The van der Waals surface area contributed by atoms with Crippen molar-refractivity contribution in [1.29, 1.82) is 0 Å². The molecule has 1 aliphatic carbocycles. The van der Waals surface area contributed by atoms with Crippen LogP contribution in [0.3, 0.4) is 0 Å². The zero-order valence-corrected chi connectivity index (χ0v) is 11.5. The first kappa shape index (κ1) is 12.1. The van der Waals surface area contributed by atoms with Crippen molar-refractivity contribution in [2.45, 2.75) is 43.6 Å². The first-order valence-electron chi connectivity index (χ1n) is 7.53. The minimum atomic E-state index is 0.287. The predicted molar refractivity (Wildman–Crippen MR) is 75.4 cm³/mol. The molecule has 2 fully saturated rings. The van der Waals surface area contributed by atoms with E-state index in [0.717, 1.165) is 31.1 Å². The number of nitrogens with zero attached hydrogens (tertiary/aromatic N) is 2. The molecule has 0 spiro atoms. The Balaban J connectivity index is 1.47. The number of hydrogen-bond acceptors (Lipinski definition) is 4. The van der Waals surface area contributed by atoms with Gasteiger partial charge in [0.15, 0.2) is 5.82 Å². The fourth-order valence-corrected chi connectivity index (χ4v) is 3.15. The summed E-state index contributed by atoms with van der Waals surface area (Å²) in [5, 5.41) is 7.65. The van der Waals surface area contributed by atoms with Crippen LogP contribution in [-0.4, -0.2) is 16.7 Å². The Morgan fingerprint density at radius 3 is 2.80 bits per heavy atom. The van der Waals surface area contributed by atoms with Crippen molar-refractivity contribution < 1.29 is 4.52 Å². The smallest absolute Gasteiger partial charge is 0.230 e. The average Bonchev–Trinajstić information content (AvgIpc) is 3.18. The van der Waals surface area contributed by atoms with Crippen LogP contribution in [0.5, 0.6) is 0 Å². The predicted octanol–water partition coefficient (Wildman–Crippen LogP) is 3.16. The van der Waals surface area contributed by atoms with Gasteiger partial charge in [0, 0.05) is 5.92 Å². The largest absolute Gasteiger partial charge is 0.339 e. The van der Waals surface area contributed by atoms with Crippen LogP contribution in [0.15, 0.2) is 34.9 Å². The van der Waals surface area contributed by atoms with Gasteiger partial charge in [-0.05, 0) is 37.3 Å². The van der Waals surface area contributed by atoms with E-state index in [1.54, 1.807) is 0 Å². The maximum Gasteiger partial charge on any atom is 0.230 e. The highest BCUT2D eigenvalue weighted by molar-refractivity contribution is 5.30. The molecular weight excluding hydrogens is 250 g/mol. The number of benzene rings is 1. The second kappa shape index (κ2) is 5.02. The van der Waals surface area contributed by atoms with E-state index in [0.29, 0.717) is 11.8 Å². The maximum absolute atomic E-state index is 5.49. The van der Waals surface area contributed by atoms with Crippen LogP contribution in [0, 0.1) is 0 Å². The third-order valence-electron chi connectivity index (χ3n) is 4.41. The van der Waals surface area contributed by atoms with Crippen molar-refractivity contribution >= 4 is 0 Å². The molecule has 3 atom stereocenters. The molecule has 4 heteroatoms. The normalized spacial score (nSPS) is 29.3. The fraction of sp³-hybridized carbons (Fsp3) is 0.500. The van der Waals surface area contributed by atoms with Gasteiger partial charge in [0.25, 0.3) is 0 Å². The van der Waals surface area contributed by atoms with Crippen LogP contribution in [0.1, 0.15) is 60.8 Å². The minimum absolute atomic E-state index is 0.287. The van der Waals surface area contributed by atoms with E-state index in [1.807, 2.05) is 0 Å². The molecular formula is C16H19N3O. The maximum atomic E-state index is 5.49. The fourth-order valence-electron chi connectivity index (χ4n) is 3.15. The Bertz CT molecular complexity index is 574. The molecule has 0 radical (unpaired) electrons. The molecule has 4 rings (SSSR count). The molecule has 1 N–H and O–H groups in total. The summed E-state index contributed by atoms with van der Waals surface area (Å²) < 4.78 is 5.49. The minimum Gasteiger partial charge on any atom is -0.339 e. The molecule has 1 saturated carbocycles. The topological polar surface area (TPSA) is 51.0 Å². The van der Waals surface area contributed by atoms with Gasteiger partial charge in [-0.25, -0.2) is 0 Å². The van der Waals surface area contributed by atoms with Crippen LogP contribution in [0.25, 0.3) is 0 Å². The number of nitrogens with one attached hydrogen (secondary N) is 1. The zero-order chi connectivity index (χ0) is 13.4. The lowest BCUT2D eigenvalue weighted by Gasteiger charge is -2.19. The van der Waals surface area contributed by atoms with Gasteiger partial charge >= 0.3 is 0 Å². The summed E-state index contributed by atoms with van der Waals surface area (Å²) in [6, 6.07) is 10.9. The highest BCUT2D eigenvalue weighted by Crippen LogP contribution is 2.54. The number of piperidine rings is 1. The van der Waals surface area contributed by atoms with E-state index in [-0.39, 0.29) is 6.04 Å². The summed E-state index contributed by atoms with van der Waals surface area (Å²) >= 11 is 0. The molecule has 20 heavy (non-hydrogen) atoms. The van der Waals surface area contributed by atoms with Crippen LogP contribution < -0.4 is 5.32 Å². The Labute approximate surface area is 118 Å². The quantitative estimate of drug-likeness (QED) is 0.930. The SMILES string of the molecule is c1ccc(C2CC2c2nc(C3CCCCN3)no2)cc1. The van der Waals surface area contributed by atoms with Crippen molar-refractivity contribution in [3.05, 3.63) is 47.6 Å². The lowest BCUT2D eigenvalue weighted by molar-refractivity contribution is 0.348. The summed E-state index contributed by atoms with van der Waals surface area (Å²) in [6.07, 6.45) is 4.74. The number of aromatic nitrogens is 2. The Morgan fingerprint density at radius 2 is 2.00 bits per heavy atom. The first-order valence-corrected chi connectivity index (χ1v) is 7.53. The van der Waals surface area contributed by atoms with Gasteiger partial charge in [-0.2, -0.15) is 4.98 Å². The third-order valence-corrected chi connectivity index (χ3v) is 4.41. The second-order valence-electron chi connectivity index (χ2n) is 5.85. The second-order valence-corrected chi connectivity index (χ2v) is 5.85. The molecule has 1 aromatic heterocycles. The van der Waals surface area contributed by atoms with E-state index in [9.17, 15) is 0 Å². The van der Waals surface area contributed by atoms with Crippen LogP contribution in [-0.2, 0) is 0 Å². The van der Waals surface area contributed by atoms with Crippen molar-refractivity contribution in [3.63, 3.8) is 0 Å². The van der Waals surface area contributed by atoms with Crippen molar-refractivity contribution in [1.82, 2.24) is 15.5 Å². The average molecular weight is 269 g/mol. The lowest BCUT2D eigenvalue weighted by Crippen LogP contribution is -2.27. The molecule has 4 nitrogen and oxygen atoms in total. The first-order chi connectivity index (χ1) is 9.92. The van der Waals surface area contributed by atoms with Gasteiger partial charge in [0.05, 0.1) is 6.04 Å². The highest BCUT2D eigenvalue weighted by atomic mass is 16.5. The summed E-state index contributed by atoms with van der Waals surface area (Å²) in [6.45, 7) is 1.06. The molecule has 1 aliphatic heterocycles. The standard InChI is InChI=1S/C16H19N3O/c1-2-6-11(7-3-1)12-10-13(12)16-18-15(19-20-16)14-8-4-5-9-17-14/h1-3,6-7,12-14,17H,4-5,8-10H2. The van der Waals surface area contributed by atoms with Gasteiger partial charge in [-0.1, -0.05) is 41.9 Å². The van der Waals surface area contributed by atoms with Gasteiger partial charge in [0.2, 0.25) is 5.89 Å². The molecule has 2 aromatic rings. The van der Waals surface area contributed by atoms with Crippen LogP contribution in [0.2, 0.25) is 0 Å².